The first kappa shape index (κ1) is 17.8. The first-order valence-electron chi connectivity index (χ1n) is 7.89. The van der Waals surface area contributed by atoms with Crippen LogP contribution in [-0.4, -0.2) is 37.3 Å². The van der Waals surface area contributed by atoms with Crippen LogP contribution in [0.2, 0.25) is 10.0 Å². The zero-order valence-electron chi connectivity index (χ0n) is 13.5. The molecule has 1 aliphatic rings. The van der Waals surface area contributed by atoms with E-state index in [0.29, 0.717) is 35.5 Å². The molecule has 132 valence electrons. The molecule has 1 saturated heterocycles. The van der Waals surface area contributed by atoms with Crippen LogP contribution in [-0.2, 0) is 11.3 Å². The summed E-state index contributed by atoms with van der Waals surface area (Å²) >= 11 is 12.0. The second-order valence-corrected chi connectivity index (χ2v) is 6.40. The fourth-order valence-corrected chi connectivity index (χ4v) is 2.81. The lowest BCUT2D eigenvalue weighted by Crippen LogP contribution is -2.36. The number of amides is 2. The molecule has 0 unspecified atom stereocenters. The maximum Gasteiger partial charge on any atom is 0.319 e. The van der Waals surface area contributed by atoms with Gasteiger partial charge in [-0.05, 0) is 35.9 Å². The Hall–Kier alpha value is -2.02. The summed E-state index contributed by atoms with van der Waals surface area (Å²) in [6.45, 7) is 3.42. The van der Waals surface area contributed by atoms with Gasteiger partial charge in [0.05, 0.1) is 23.9 Å². The van der Waals surface area contributed by atoms with Gasteiger partial charge in [-0.2, -0.15) is 0 Å². The van der Waals surface area contributed by atoms with Gasteiger partial charge in [0.1, 0.15) is 5.82 Å². The molecule has 6 nitrogen and oxygen atoms in total. The third kappa shape index (κ3) is 4.98. The van der Waals surface area contributed by atoms with Crippen LogP contribution < -0.4 is 15.5 Å². The van der Waals surface area contributed by atoms with Crippen LogP contribution in [0.4, 0.5) is 16.3 Å². The highest BCUT2D eigenvalue weighted by Gasteiger charge is 2.13. The van der Waals surface area contributed by atoms with Crippen molar-refractivity contribution in [3.8, 4) is 0 Å². The van der Waals surface area contributed by atoms with Crippen LogP contribution in [0.5, 0.6) is 0 Å². The molecule has 8 heteroatoms. The summed E-state index contributed by atoms with van der Waals surface area (Å²) in [5.41, 5.74) is 1.43. The Bertz CT molecular complexity index is 751. The molecule has 0 atom stereocenters. The molecule has 2 aromatic rings. The lowest BCUT2D eigenvalue weighted by molar-refractivity contribution is 0.122. The van der Waals surface area contributed by atoms with Crippen molar-refractivity contribution in [1.82, 2.24) is 10.3 Å². The number of aromatic nitrogens is 1. The zero-order valence-corrected chi connectivity index (χ0v) is 15.0. The van der Waals surface area contributed by atoms with Crippen LogP contribution >= 0.6 is 23.2 Å². The summed E-state index contributed by atoms with van der Waals surface area (Å²) in [5, 5.41) is 6.42. The number of anilines is 2. The lowest BCUT2D eigenvalue weighted by atomic mass is 10.2. The predicted molar refractivity (Wildman–Crippen MR) is 99.6 cm³/mol. The summed E-state index contributed by atoms with van der Waals surface area (Å²) < 4.78 is 5.35. The van der Waals surface area contributed by atoms with E-state index in [2.05, 4.69) is 20.5 Å². The Kier molecular flexibility index (Phi) is 5.96. The number of hydrogen-bond donors (Lipinski definition) is 2. The molecule has 1 aliphatic heterocycles. The van der Waals surface area contributed by atoms with Gasteiger partial charge in [-0.3, -0.25) is 0 Å². The number of carbonyl (C=O) groups is 1. The molecule has 25 heavy (non-hydrogen) atoms. The fraction of sp³-hybridized carbons (Fsp3) is 0.294. The number of carbonyl (C=O) groups excluding carboxylic acids is 1. The average molecular weight is 381 g/mol. The third-order valence-electron chi connectivity index (χ3n) is 3.77. The molecule has 1 aromatic carbocycles. The minimum Gasteiger partial charge on any atom is -0.378 e. The van der Waals surface area contributed by atoms with Crippen molar-refractivity contribution in [3.63, 3.8) is 0 Å². The van der Waals surface area contributed by atoms with Crippen LogP contribution in [0.15, 0.2) is 36.5 Å². The normalized spacial score (nSPS) is 14.2. The van der Waals surface area contributed by atoms with Gasteiger partial charge in [-0.1, -0.05) is 23.2 Å². The van der Waals surface area contributed by atoms with Crippen molar-refractivity contribution >= 4 is 40.7 Å². The smallest absolute Gasteiger partial charge is 0.319 e. The number of ether oxygens (including phenoxy) is 1. The Labute approximate surface area is 156 Å². The van der Waals surface area contributed by atoms with Crippen LogP contribution in [0, 0.1) is 0 Å². The minimum absolute atomic E-state index is 0.353. The molecule has 2 N–H and O–H groups in total. The van der Waals surface area contributed by atoms with Crippen molar-refractivity contribution in [2.24, 2.45) is 0 Å². The van der Waals surface area contributed by atoms with Crippen molar-refractivity contribution < 1.29 is 9.53 Å². The van der Waals surface area contributed by atoms with Gasteiger partial charge in [0, 0.05) is 30.9 Å². The minimum atomic E-state index is -0.353. The highest BCUT2D eigenvalue weighted by molar-refractivity contribution is 6.35. The highest BCUT2D eigenvalue weighted by atomic mass is 35.5. The molecule has 3 rings (SSSR count). The summed E-state index contributed by atoms with van der Waals surface area (Å²) in [7, 11) is 0. The van der Waals surface area contributed by atoms with Crippen molar-refractivity contribution in [2.45, 2.75) is 6.54 Å². The number of rotatable bonds is 4. The van der Waals surface area contributed by atoms with Gasteiger partial charge < -0.3 is 20.3 Å². The SMILES string of the molecule is O=C(NCc1ccnc(N2CCOCC2)c1)Nc1cc(Cl)ccc1Cl. The predicted octanol–water partition coefficient (Wildman–Crippen LogP) is 3.55. The zero-order chi connectivity index (χ0) is 17.6. The van der Waals surface area contributed by atoms with E-state index in [0.717, 1.165) is 24.5 Å². The van der Waals surface area contributed by atoms with E-state index in [9.17, 15) is 4.79 Å². The Morgan fingerprint density at radius 2 is 2.00 bits per heavy atom. The van der Waals surface area contributed by atoms with Gasteiger partial charge >= 0.3 is 6.03 Å². The summed E-state index contributed by atoms with van der Waals surface area (Å²) in [4.78, 5) is 18.6. The van der Waals surface area contributed by atoms with Gasteiger partial charge in [0.2, 0.25) is 0 Å². The maximum absolute atomic E-state index is 12.1. The van der Waals surface area contributed by atoms with Crippen molar-refractivity contribution in [3.05, 3.63) is 52.1 Å². The van der Waals surface area contributed by atoms with Crippen LogP contribution in [0.25, 0.3) is 0 Å². The summed E-state index contributed by atoms with van der Waals surface area (Å²) in [5.74, 6) is 0.890. The number of halogens is 2. The van der Waals surface area contributed by atoms with Gasteiger partial charge in [-0.25, -0.2) is 9.78 Å². The van der Waals surface area contributed by atoms with E-state index >= 15 is 0 Å². The number of morpholine rings is 1. The summed E-state index contributed by atoms with van der Waals surface area (Å²) in [6.07, 6.45) is 1.74. The Morgan fingerprint density at radius 1 is 1.20 bits per heavy atom. The van der Waals surface area contributed by atoms with E-state index in [1.807, 2.05) is 12.1 Å². The first-order chi connectivity index (χ1) is 12.1. The second-order valence-electron chi connectivity index (χ2n) is 5.55. The molecule has 2 amide bonds. The molecule has 0 bridgehead atoms. The van der Waals surface area contributed by atoms with E-state index in [-0.39, 0.29) is 6.03 Å². The van der Waals surface area contributed by atoms with Gasteiger partial charge in [-0.15, -0.1) is 0 Å². The molecule has 0 aliphatic carbocycles. The number of urea groups is 1. The van der Waals surface area contributed by atoms with E-state index in [4.69, 9.17) is 27.9 Å². The van der Waals surface area contributed by atoms with E-state index in [1.54, 1.807) is 24.4 Å². The maximum atomic E-state index is 12.1. The molecule has 0 radical (unpaired) electrons. The number of hydrogen-bond acceptors (Lipinski definition) is 4. The van der Waals surface area contributed by atoms with E-state index in [1.165, 1.54) is 0 Å². The highest BCUT2D eigenvalue weighted by Crippen LogP contribution is 2.25. The Morgan fingerprint density at radius 3 is 2.80 bits per heavy atom. The van der Waals surface area contributed by atoms with Crippen LogP contribution in [0.1, 0.15) is 5.56 Å². The first-order valence-corrected chi connectivity index (χ1v) is 8.65. The van der Waals surface area contributed by atoms with Crippen molar-refractivity contribution in [2.75, 3.05) is 36.5 Å². The largest absolute Gasteiger partial charge is 0.378 e. The number of benzene rings is 1. The standard InChI is InChI=1S/C17H18Cl2N4O2/c18-13-1-2-14(19)15(10-13)22-17(24)21-11-12-3-4-20-16(9-12)23-5-7-25-8-6-23/h1-4,9-10H,5-8,11H2,(H2,21,22,24). The van der Waals surface area contributed by atoms with Crippen LogP contribution in [0.3, 0.4) is 0 Å². The molecule has 0 saturated carbocycles. The number of nitrogens with zero attached hydrogens (tertiary/aromatic N) is 2. The molecule has 0 spiro atoms. The monoisotopic (exact) mass is 380 g/mol. The van der Waals surface area contributed by atoms with Gasteiger partial charge in [0.25, 0.3) is 0 Å². The van der Waals surface area contributed by atoms with Crippen molar-refractivity contribution in [1.29, 1.82) is 0 Å². The molecule has 2 heterocycles. The number of pyridine rings is 1. The average Bonchev–Trinajstić information content (AvgIpc) is 2.64. The number of nitrogens with one attached hydrogen (secondary N) is 2. The molecular formula is C17H18Cl2N4O2. The molecule has 1 fully saturated rings. The summed E-state index contributed by atoms with van der Waals surface area (Å²) in [6, 6.07) is 8.39. The lowest BCUT2D eigenvalue weighted by Gasteiger charge is -2.28. The fourth-order valence-electron chi connectivity index (χ4n) is 2.48. The topological polar surface area (TPSA) is 66.5 Å². The second kappa shape index (κ2) is 8.38. The Balaban J connectivity index is 1.57. The third-order valence-corrected chi connectivity index (χ3v) is 4.34. The molecular weight excluding hydrogens is 363 g/mol. The van der Waals surface area contributed by atoms with E-state index < -0.39 is 0 Å². The molecule has 1 aromatic heterocycles. The quantitative estimate of drug-likeness (QED) is 0.850. The van der Waals surface area contributed by atoms with Gasteiger partial charge in [0.15, 0.2) is 0 Å².